The second kappa shape index (κ2) is 7.91. The maximum absolute atomic E-state index is 13.1. The lowest BCUT2D eigenvalue weighted by Gasteiger charge is -2.25. The molecule has 1 saturated heterocycles. The summed E-state index contributed by atoms with van der Waals surface area (Å²) in [6.45, 7) is 1.59. The number of carbonyl (C=O) groups excluding carboxylic acids is 1. The van der Waals surface area contributed by atoms with E-state index in [4.69, 9.17) is 9.72 Å². The minimum atomic E-state index is -0.0194. The number of piperidine rings is 1. The second-order valence-corrected chi connectivity index (χ2v) is 7.91. The third kappa shape index (κ3) is 3.56. The summed E-state index contributed by atoms with van der Waals surface area (Å²) in [7, 11) is 3.65. The lowest BCUT2D eigenvalue weighted by atomic mass is 10.1. The van der Waals surface area contributed by atoms with Gasteiger partial charge in [0.25, 0.3) is 5.91 Å². The summed E-state index contributed by atoms with van der Waals surface area (Å²) in [5.41, 5.74) is 4.79. The standard InChI is InChI=1S/C24H25N5O2/c1-27-12-6-7-21(27)22-15-19(17-8-10-18(31-2)11-9-17)25-23-16-20(26-29(22)23)24(30)28-13-4-3-5-14-28/h6-12,15-16H,3-5,13-14H2,1-2H3. The summed E-state index contributed by atoms with van der Waals surface area (Å²) < 4.78 is 9.10. The highest BCUT2D eigenvalue weighted by molar-refractivity contribution is 5.93. The number of hydrogen-bond donors (Lipinski definition) is 0. The average molecular weight is 415 g/mol. The van der Waals surface area contributed by atoms with Crippen LogP contribution in [-0.4, -0.2) is 50.2 Å². The first kappa shape index (κ1) is 19.4. The number of fused-ring (bicyclic) bond motifs is 1. The zero-order valence-electron chi connectivity index (χ0n) is 17.8. The zero-order valence-corrected chi connectivity index (χ0v) is 17.8. The average Bonchev–Trinajstić information content (AvgIpc) is 3.44. The van der Waals surface area contributed by atoms with E-state index in [0.29, 0.717) is 11.3 Å². The van der Waals surface area contributed by atoms with Gasteiger partial charge >= 0.3 is 0 Å². The number of likely N-dealkylation sites (tertiary alicyclic amines) is 1. The van der Waals surface area contributed by atoms with Gasteiger partial charge in [0.1, 0.15) is 5.75 Å². The van der Waals surface area contributed by atoms with E-state index in [-0.39, 0.29) is 5.91 Å². The third-order valence-corrected chi connectivity index (χ3v) is 5.88. The summed E-state index contributed by atoms with van der Waals surface area (Å²) in [6.07, 6.45) is 5.28. The summed E-state index contributed by atoms with van der Waals surface area (Å²) in [6, 6.07) is 15.7. The van der Waals surface area contributed by atoms with Crippen LogP contribution >= 0.6 is 0 Å². The Kier molecular flexibility index (Phi) is 4.94. The predicted molar refractivity (Wildman–Crippen MR) is 119 cm³/mol. The van der Waals surface area contributed by atoms with E-state index in [9.17, 15) is 4.79 Å². The maximum atomic E-state index is 13.1. The molecule has 0 atom stereocenters. The molecule has 0 unspecified atom stereocenters. The quantitative estimate of drug-likeness (QED) is 0.505. The van der Waals surface area contributed by atoms with E-state index in [0.717, 1.165) is 54.3 Å². The highest BCUT2D eigenvalue weighted by atomic mass is 16.5. The Morgan fingerprint density at radius 2 is 1.77 bits per heavy atom. The first-order valence-corrected chi connectivity index (χ1v) is 10.6. The van der Waals surface area contributed by atoms with Gasteiger partial charge in [-0.25, -0.2) is 9.50 Å². The molecule has 31 heavy (non-hydrogen) atoms. The van der Waals surface area contributed by atoms with Crippen LogP contribution < -0.4 is 4.74 Å². The number of methoxy groups -OCH3 is 1. The van der Waals surface area contributed by atoms with Crippen LogP contribution in [0.2, 0.25) is 0 Å². The van der Waals surface area contributed by atoms with E-state index in [1.165, 1.54) is 6.42 Å². The van der Waals surface area contributed by atoms with Crippen LogP contribution in [0.1, 0.15) is 29.8 Å². The van der Waals surface area contributed by atoms with Crippen molar-refractivity contribution in [2.45, 2.75) is 19.3 Å². The van der Waals surface area contributed by atoms with Crippen LogP contribution in [0, 0.1) is 0 Å². The number of benzene rings is 1. The molecule has 1 amide bonds. The van der Waals surface area contributed by atoms with Crippen molar-refractivity contribution in [2.75, 3.05) is 20.2 Å². The summed E-state index contributed by atoms with van der Waals surface area (Å²) in [5.74, 6) is 0.778. The third-order valence-electron chi connectivity index (χ3n) is 5.88. The molecule has 1 aliphatic rings. The number of carbonyl (C=O) groups is 1. The number of rotatable bonds is 4. The Balaban J connectivity index is 1.64. The van der Waals surface area contributed by atoms with Gasteiger partial charge in [0.15, 0.2) is 11.3 Å². The monoisotopic (exact) mass is 415 g/mol. The Hall–Kier alpha value is -3.61. The molecule has 0 bridgehead atoms. The van der Waals surface area contributed by atoms with E-state index in [2.05, 4.69) is 5.10 Å². The van der Waals surface area contributed by atoms with Gasteiger partial charge < -0.3 is 14.2 Å². The maximum Gasteiger partial charge on any atom is 0.274 e. The van der Waals surface area contributed by atoms with Gasteiger partial charge in [0, 0.05) is 38.0 Å². The molecule has 4 aromatic rings. The molecule has 7 nitrogen and oxygen atoms in total. The molecule has 1 aromatic carbocycles. The first-order chi connectivity index (χ1) is 15.1. The van der Waals surface area contributed by atoms with Crippen LogP contribution in [0.3, 0.4) is 0 Å². The Labute approximate surface area is 180 Å². The number of ether oxygens (including phenoxy) is 1. The van der Waals surface area contributed by atoms with Gasteiger partial charge in [-0.2, -0.15) is 5.10 Å². The molecule has 0 radical (unpaired) electrons. The molecule has 7 heteroatoms. The number of aromatic nitrogens is 4. The van der Waals surface area contributed by atoms with Crippen molar-refractivity contribution in [1.29, 1.82) is 0 Å². The van der Waals surface area contributed by atoms with Crippen LogP contribution in [-0.2, 0) is 7.05 Å². The van der Waals surface area contributed by atoms with E-state index < -0.39 is 0 Å². The predicted octanol–water partition coefficient (Wildman–Crippen LogP) is 4.04. The van der Waals surface area contributed by atoms with Crippen molar-refractivity contribution in [2.24, 2.45) is 7.05 Å². The lowest BCUT2D eigenvalue weighted by molar-refractivity contribution is 0.0718. The van der Waals surface area contributed by atoms with Crippen LogP contribution in [0.25, 0.3) is 28.3 Å². The molecular formula is C24H25N5O2. The molecule has 4 heterocycles. The number of hydrogen-bond acceptors (Lipinski definition) is 4. The second-order valence-electron chi connectivity index (χ2n) is 7.91. The Morgan fingerprint density at radius 1 is 1.00 bits per heavy atom. The molecule has 0 N–H and O–H groups in total. The molecule has 5 rings (SSSR count). The fourth-order valence-corrected chi connectivity index (χ4v) is 4.16. The van der Waals surface area contributed by atoms with Gasteiger partial charge in [-0.1, -0.05) is 0 Å². The van der Waals surface area contributed by atoms with Crippen molar-refractivity contribution >= 4 is 11.6 Å². The van der Waals surface area contributed by atoms with Crippen LogP contribution in [0.5, 0.6) is 5.75 Å². The molecule has 0 aliphatic carbocycles. The normalized spacial score (nSPS) is 14.2. The highest BCUT2D eigenvalue weighted by Crippen LogP contribution is 2.28. The Bertz CT molecular complexity index is 1230. The molecule has 0 saturated carbocycles. The summed E-state index contributed by atoms with van der Waals surface area (Å²) in [4.78, 5) is 19.8. The topological polar surface area (TPSA) is 64.7 Å². The van der Waals surface area contributed by atoms with Crippen molar-refractivity contribution in [1.82, 2.24) is 24.1 Å². The minimum absolute atomic E-state index is 0.0194. The van der Waals surface area contributed by atoms with Gasteiger partial charge in [0.05, 0.1) is 24.2 Å². The Morgan fingerprint density at radius 3 is 2.45 bits per heavy atom. The lowest BCUT2D eigenvalue weighted by Crippen LogP contribution is -2.35. The number of nitrogens with zero attached hydrogens (tertiary/aromatic N) is 5. The minimum Gasteiger partial charge on any atom is -0.497 e. The molecule has 3 aromatic heterocycles. The van der Waals surface area contributed by atoms with E-state index in [1.54, 1.807) is 17.7 Å². The summed E-state index contributed by atoms with van der Waals surface area (Å²) in [5, 5.41) is 4.68. The van der Waals surface area contributed by atoms with Gasteiger partial charge in [-0.15, -0.1) is 0 Å². The fraction of sp³-hybridized carbons (Fsp3) is 0.292. The van der Waals surface area contributed by atoms with Crippen molar-refractivity contribution in [3.8, 4) is 28.4 Å². The van der Waals surface area contributed by atoms with E-state index in [1.807, 2.05) is 65.2 Å². The first-order valence-electron chi connectivity index (χ1n) is 10.6. The van der Waals surface area contributed by atoms with Crippen molar-refractivity contribution in [3.63, 3.8) is 0 Å². The van der Waals surface area contributed by atoms with Gasteiger partial charge in [-0.3, -0.25) is 4.79 Å². The molecular weight excluding hydrogens is 390 g/mol. The summed E-state index contributed by atoms with van der Waals surface area (Å²) >= 11 is 0. The fourth-order valence-electron chi connectivity index (χ4n) is 4.16. The largest absolute Gasteiger partial charge is 0.497 e. The zero-order chi connectivity index (χ0) is 21.4. The molecule has 0 spiro atoms. The van der Waals surface area contributed by atoms with Gasteiger partial charge in [-0.05, 0) is 61.7 Å². The van der Waals surface area contributed by atoms with E-state index >= 15 is 0 Å². The van der Waals surface area contributed by atoms with Crippen molar-refractivity contribution < 1.29 is 9.53 Å². The molecule has 1 aliphatic heterocycles. The highest BCUT2D eigenvalue weighted by Gasteiger charge is 2.23. The number of aryl methyl sites for hydroxylation is 1. The van der Waals surface area contributed by atoms with Crippen LogP contribution in [0.15, 0.2) is 54.7 Å². The van der Waals surface area contributed by atoms with Crippen LogP contribution in [0.4, 0.5) is 0 Å². The van der Waals surface area contributed by atoms with Gasteiger partial charge in [0.2, 0.25) is 0 Å². The SMILES string of the molecule is COc1ccc(-c2cc(-c3cccn3C)n3nc(C(=O)N4CCCCC4)cc3n2)cc1. The molecule has 1 fully saturated rings. The smallest absolute Gasteiger partial charge is 0.274 e. The number of amides is 1. The van der Waals surface area contributed by atoms with Crippen molar-refractivity contribution in [3.05, 3.63) is 60.4 Å². The molecule has 158 valence electrons.